The Hall–Kier alpha value is -0.330. The molecule has 0 radical (unpaired) electrons. The molecule has 3 rings (SSSR count). The maximum Gasteiger partial charge on any atom is 0.135 e. The van der Waals surface area contributed by atoms with Crippen LogP contribution in [0.15, 0.2) is 0 Å². The molecule has 0 unspecified atom stereocenters. The van der Waals surface area contributed by atoms with E-state index in [1.165, 1.54) is 51.4 Å². The summed E-state index contributed by atoms with van der Waals surface area (Å²) >= 11 is 0. The summed E-state index contributed by atoms with van der Waals surface area (Å²) in [6.45, 7) is 12.1. The summed E-state index contributed by atoms with van der Waals surface area (Å²) in [5.41, 5.74) is 0.568. The van der Waals surface area contributed by atoms with E-state index in [2.05, 4.69) is 34.6 Å². The zero-order chi connectivity index (χ0) is 17.5. The van der Waals surface area contributed by atoms with Crippen molar-refractivity contribution in [1.29, 1.82) is 0 Å². The van der Waals surface area contributed by atoms with Gasteiger partial charge in [-0.15, -0.1) is 0 Å². The van der Waals surface area contributed by atoms with E-state index in [0.29, 0.717) is 23.0 Å². The van der Waals surface area contributed by atoms with E-state index in [1.807, 2.05) is 0 Å². The van der Waals surface area contributed by atoms with Crippen LogP contribution in [0.3, 0.4) is 0 Å². The first kappa shape index (κ1) is 18.5. The molecule has 1 nitrogen and oxygen atoms in total. The molecule has 0 spiro atoms. The summed E-state index contributed by atoms with van der Waals surface area (Å²) in [5.74, 6) is 6.03. The van der Waals surface area contributed by atoms with Crippen molar-refractivity contribution in [2.45, 2.75) is 92.4 Å². The Morgan fingerprint density at radius 1 is 1.04 bits per heavy atom. The van der Waals surface area contributed by atoms with Crippen molar-refractivity contribution in [3.63, 3.8) is 0 Å². The summed E-state index contributed by atoms with van der Waals surface area (Å²) in [7, 11) is 0. The number of carbonyl (C=O) groups excluding carboxylic acids is 1. The number of hydrogen-bond donors (Lipinski definition) is 0. The summed E-state index contributed by atoms with van der Waals surface area (Å²) in [4.78, 5) is 12.2. The Labute approximate surface area is 150 Å². The third-order valence-electron chi connectivity index (χ3n) is 8.57. The number of ketones is 1. The molecule has 0 aliphatic heterocycles. The van der Waals surface area contributed by atoms with Gasteiger partial charge >= 0.3 is 0 Å². The van der Waals surface area contributed by atoms with Crippen molar-refractivity contribution in [3.05, 3.63) is 0 Å². The lowest BCUT2D eigenvalue weighted by molar-refractivity contribution is -0.133. The highest BCUT2D eigenvalue weighted by Gasteiger charge is 2.56. The van der Waals surface area contributed by atoms with Gasteiger partial charge in [0, 0.05) is 12.3 Å². The predicted octanol–water partition coefficient (Wildman–Crippen LogP) is 6.51. The van der Waals surface area contributed by atoms with Crippen molar-refractivity contribution in [2.24, 2.45) is 46.8 Å². The molecule has 0 aromatic carbocycles. The Morgan fingerprint density at radius 3 is 2.50 bits per heavy atom. The summed E-state index contributed by atoms with van der Waals surface area (Å²) < 4.78 is 0. The molecule has 0 bridgehead atoms. The second kappa shape index (κ2) is 7.12. The second-order valence-corrected chi connectivity index (χ2v) is 10.3. The maximum absolute atomic E-state index is 12.2. The number of Topliss-reactive ketones (excluding diaryl/α,β-unsaturated/α-hetero) is 1. The molecule has 0 aromatic heterocycles. The molecule has 0 N–H and O–H groups in total. The second-order valence-electron chi connectivity index (χ2n) is 10.3. The first-order chi connectivity index (χ1) is 11.3. The van der Waals surface area contributed by atoms with Crippen LogP contribution in [0.1, 0.15) is 92.4 Å². The van der Waals surface area contributed by atoms with Crippen molar-refractivity contribution in [2.75, 3.05) is 0 Å². The minimum Gasteiger partial charge on any atom is -0.299 e. The predicted molar refractivity (Wildman–Crippen MR) is 102 cm³/mol. The number of carbonyl (C=O) groups is 1. The Balaban J connectivity index is 1.67. The van der Waals surface area contributed by atoms with E-state index in [4.69, 9.17) is 0 Å². The molecule has 3 aliphatic rings. The molecule has 1 heteroatoms. The van der Waals surface area contributed by atoms with Crippen LogP contribution in [-0.4, -0.2) is 5.78 Å². The average molecular weight is 333 g/mol. The third kappa shape index (κ3) is 3.21. The van der Waals surface area contributed by atoms with Crippen molar-refractivity contribution in [3.8, 4) is 0 Å². The summed E-state index contributed by atoms with van der Waals surface area (Å²) in [6, 6.07) is 0. The lowest BCUT2D eigenvalue weighted by Crippen LogP contribution is -2.47. The molecule has 0 heterocycles. The van der Waals surface area contributed by atoms with Gasteiger partial charge < -0.3 is 0 Å². The van der Waals surface area contributed by atoms with Gasteiger partial charge in [-0.05, 0) is 73.0 Å². The summed E-state index contributed by atoms with van der Waals surface area (Å²) in [5, 5.41) is 0. The first-order valence-electron chi connectivity index (χ1n) is 10.9. The topological polar surface area (TPSA) is 17.1 Å². The zero-order valence-electron chi connectivity index (χ0n) is 16.8. The molecule has 7 atom stereocenters. The van der Waals surface area contributed by atoms with Gasteiger partial charge in [0.05, 0.1) is 0 Å². The molecule has 3 aliphatic carbocycles. The van der Waals surface area contributed by atoms with Crippen molar-refractivity contribution < 1.29 is 4.79 Å². The smallest absolute Gasteiger partial charge is 0.135 e. The minimum atomic E-state index is 0.343. The Morgan fingerprint density at radius 2 is 1.79 bits per heavy atom. The monoisotopic (exact) mass is 332 g/mol. The molecule has 24 heavy (non-hydrogen) atoms. The van der Waals surface area contributed by atoms with E-state index >= 15 is 0 Å². The highest BCUT2D eigenvalue weighted by molar-refractivity contribution is 5.81. The van der Waals surface area contributed by atoms with Crippen LogP contribution in [0, 0.1) is 46.8 Å². The van der Waals surface area contributed by atoms with Crippen LogP contribution in [-0.2, 0) is 4.79 Å². The third-order valence-corrected chi connectivity index (χ3v) is 8.57. The number of rotatable bonds is 5. The van der Waals surface area contributed by atoms with E-state index in [-0.39, 0.29) is 0 Å². The normalized spacial score (nSPS) is 43.6. The van der Waals surface area contributed by atoms with Gasteiger partial charge in [-0.3, -0.25) is 4.79 Å². The molecule has 3 saturated carbocycles. The van der Waals surface area contributed by atoms with Crippen LogP contribution < -0.4 is 0 Å². The quantitative estimate of drug-likeness (QED) is 0.561. The fourth-order valence-corrected chi connectivity index (χ4v) is 7.15. The maximum atomic E-state index is 12.2. The SMILES string of the molecule is CC(C)CCC[C@@H](C)[C@H]1CC[C@H]2[C@@H]3CCC(=O)[C@@H](C)[C@H]3CC[C@]12C. The molecule has 138 valence electrons. The van der Waals surface area contributed by atoms with E-state index in [1.54, 1.807) is 0 Å². The average Bonchev–Trinajstić information content (AvgIpc) is 2.87. The molecule has 0 amide bonds. The summed E-state index contributed by atoms with van der Waals surface area (Å²) in [6.07, 6.45) is 11.9. The zero-order valence-corrected chi connectivity index (χ0v) is 16.8. The van der Waals surface area contributed by atoms with Gasteiger partial charge in [0.25, 0.3) is 0 Å². The minimum absolute atomic E-state index is 0.343. The first-order valence-corrected chi connectivity index (χ1v) is 10.9. The molecule has 3 fully saturated rings. The van der Waals surface area contributed by atoms with Gasteiger partial charge in [0.1, 0.15) is 5.78 Å². The lowest BCUT2D eigenvalue weighted by atomic mass is 9.52. The fourth-order valence-electron chi connectivity index (χ4n) is 7.15. The van der Waals surface area contributed by atoms with Crippen LogP contribution >= 0.6 is 0 Å². The Bertz CT molecular complexity index is 453. The van der Waals surface area contributed by atoms with Crippen LogP contribution in [0.4, 0.5) is 0 Å². The standard InChI is InChI=1S/C23H40O/c1-15(2)7-6-8-16(3)20-10-11-21-19-9-12-22(24)17(4)18(19)13-14-23(20,21)5/h15-21H,6-14H2,1-5H3/t16-,17+,18-,19-,20-,21+,23-/m1/s1. The number of hydrogen-bond acceptors (Lipinski definition) is 1. The van der Waals surface area contributed by atoms with Gasteiger partial charge in [0.2, 0.25) is 0 Å². The van der Waals surface area contributed by atoms with E-state index < -0.39 is 0 Å². The van der Waals surface area contributed by atoms with Crippen molar-refractivity contribution in [1.82, 2.24) is 0 Å². The highest BCUT2D eigenvalue weighted by Crippen LogP contribution is 2.63. The fraction of sp³-hybridized carbons (Fsp3) is 0.957. The van der Waals surface area contributed by atoms with Crippen LogP contribution in [0.2, 0.25) is 0 Å². The Kier molecular flexibility index (Phi) is 5.48. The van der Waals surface area contributed by atoms with Gasteiger partial charge in [-0.2, -0.15) is 0 Å². The molecular formula is C23H40O. The number of fused-ring (bicyclic) bond motifs is 3. The van der Waals surface area contributed by atoms with Gasteiger partial charge in [0.15, 0.2) is 0 Å². The molecule has 0 aromatic rings. The van der Waals surface area contributed by atoms with E-state index in [0.717, 1.165) is 36.0 Å². The van der Waals surface area contributed by atoms with Gasteiger partial charge in [-0.25, -0.2) is 0 Å². The van der Waals surface area contributed by atoms with Crippen molar-refractivity contribution >= 4 is 5.78 Å². The molecular weight excluding hydrogens is 292 g/mol. The van der Waals surface area contributed by atoms with E-state index in [9.17, 15) is 4.79 Å². The highest BCUT2D eigenvalue weighted by atomic mass is 16.1. The lowest BCUT2D eigenvalue weighted by Gasteiger charge is -2.53. The molecule has 0 saturated heterocycles. The van der Waals surface area contributed by atoms with Crippen LogP contribution in [0.5, 0.6) is 0 Å². The van der Waals surface area contributed by atoms with Gasteiger partial charge in [-0.1, -0.05) is 53.9 Å². The van der Waals surface area contributed by atoms with Crippen LogP contribution in [0.25, 0.3) is 0 Å². The largest absolute Gasteiger partial charge is 0.299 e.